The number of ketones is 1. The molecule has 0 atom stereocenters. The van der Waals surface area contributed by atoms with Crippen LogP contribution in [0.5, 0.6) is 0 Å². The highest BCUT2D eigenvalue weighted by molar-refractivity contribution is 6.54. The highest BCUT2D eigenvalue weighted by Gasteiger charge is 2.39. The minimum Gasteiger partial charge on any atom is -0.350 e. The summed E-state index contributed by atoms with van der Waals surface area (Å²) in [6.07, 6.45) is 0. The monoisotopic (exact) mass is 408 g/mol. The lowest BCUT2D eigenvalue weighted by Gasteiger charge is -2.17. The van der Waals surface area contributed by atoms with Gasteiger partial charge in [0, 0.05) is 16.3 Å². The van der Waals surface area contributed by atoms with E-state index in [9.17, 15) is 14.4 Å². The van der Waals surface area contributed by atoms with E-state index >= 15 is 0 Å². The van der Waals surface area contributed by atoms with Gasteiger partial charge in [0.05, 0.1) is 10.7 Å². The minimum atomic E-state index is -0.705. The van der Waals surface area contributed by atoms with Crippen molar-refractivity contribution in [2.45, 2.75) is 6.92 Å². The van der Waals surface area contributed by atoms with Gasteiger partial charge < -0.3 is 5.32 Å². The molecule has 0 unspecified atom stereocenters. The summed E-state index contributed by atoms with van der Waals surface area (Å²) in [5.41, 5.74) is 1.10. The summed E-state index contributed by atoms with van der Waals surface area (Å²) in [7, 11) is 0. The molecule has 1 heterocycles. The lowest BCUT2D eigenvalue weighted by Crippen LogP contribution is -2.32. The fourth-order valence-corrected chi connectivity index (χ4v) is 3.00. The highest BCUT2D eigenvalue weighted by Crippen LogP contribution is 2.35. The molecule has 2 aromatic carbocycles. The molecule has 1 aliphatic heterocycles. The molecule has 3 rings (SSSR count). The van der Waals surface area contributed by atoms with E-state index in [2.05, 4.69) is 5.32 Å². The van der Waals surface area contributed by atoms with Gasteiger partial charge in [0.1, 0.15) is 10.7 Å². The molecule has 8 heteroatoms. The van der Waals surface area contributed by atoms with Crippen LogP contribution in [0.2, 0.25) is 10.0 Å². The summed E-state index contributed by atoms with van der Waals surface area (Å²) in [5, 5.41) is 3.07. The number of nitrogens with zero attached hydrogens (tertiary/aromatic N) is 1. The molecule has 1 N–H and O–H groups in total. The first kappa shape index (κ1) is 18.5. The molecule has 0 spiro atoms. The molecule has 0 bridgehead atoms. The first-order chi connectivity index (χ1) is 12.3. The lowest BCUT2D eigenvalue weighted by atomic mass is 10.1. The van der Waals surface area contributed by atoms with Crippen LogP contribution in [0.4, 0.5) is 11.4 Å². The molecule has 0 aromatic heterocycles. The van der Waals surface area contributed by atoms with Gasteiger partial charge in [-0.15, -0.1) is 0 Å². The number of benzene rings is 2. The average molecular weight is 410 g/mol. The van der Waals surface area contributed by atoms with Gasteiger partial charge in [-0.3, -0.25) is 14.4 Å². The van der Waals surface area contributed by atoms with Crippen molar-refractivity contribution in [1.29, 1.82) is 0 Å². The van der Waals surface area contributed by atoms with Crippen LogP contribution in [0.1, 0.15) is 17.3 Å². The molecule has 0 aliphatic carbocycles. The molecule has 26 heavy (non-hydrogen) atoms. The fourth-order valence-electron chi connectivity index (χ4n) is 2.42. The minimum absolute atomic E-state index is 0.0803. The molecule has 132 valence electrons. The Hall–Kier alpha value is -2.34. The van der Waals surface area contributed by atoms with Gasteiger partial charge in [0.25, 0.3) is 11.8 Å². The van der Waals surface area contributed by atoms with Crippen molar-refractivity contribution < 1.29 is 14.4 Å². The molecule has 1 aliphatic rings. The normalized spacial score (nSPS) is 14.2. The van der Waals surface area contributed by atoms with Crippen LogP contribution in [0, 0.1) is 0 Å². The predicted molar refractivity (Wildman–Crippen MR) is 102 cm³/mol. The first-order valence-corrected chi connectivity index (χ1v) is 8.54. The van der Waals surface area contributed by atoms with Crippen LogP contribution in [-0.4, -0.2) is 17.6 Å². The standard InChI is InChI=1S/C18H11Cl3N2O3/c1-9(24)10-2-5-12(6-3-10)22-16-15(21)17(25)23(18(16)26)14-8-11(19)4-7-13(14)20/h2-8,22H,1H3. The fraction of sp³-hybridized carbons (Fsp3) is 0.0556. The van der Waals surface area contributed by atoms with Crippen LogP contribution in [0.25, 0.3) is 0 Å². The van der Waals surface area contributed by atoms with Gasteiger partial charge in [0.15, 0.2) is 5.78 Å². The van der Waals surface area contributed by atoms with E-state index in [0.717, 1.165) is 4.90 Å². The summed E-state index contributed by atoms with van der Waals surface area (Å²) in [4.78, 5) is 37.4. The Kier molecular flexibility index (Phi) is 5.05. The van der Waals surface area contributed by atoms with Gasteiger partial charge in [-0.05, 0) is 49.4 Å². The van der Waals surface area contributed by atoms with Crippen molar-refractivity contribution in [3.05, 3.63) is 68.8 Å². The second-order valence-corrected chi connectivity index (χ2v) is 6.71. The second-order valence-electron chi connectivity index (χ2n) is 5.49. The molecule has 2 aromatic rings. The third kappa shape index (κ3) is 3.33. The zero-order valence-electron chi connectivity index (χ0n) is 13.3. The Morgan fingerprint density at radius 3 is 2.23 bits per heavy atom. The van der Waals surface area contributed by atoms with Crippen molar-refractivity contribution in [2.75, 3.05) is 10.2 Å². The number of nitrogens with one attached hydrogen (secondary N) is 1. The Balaban J connectivity index is 1.91. The highest BCUT2D eigenvalue weighted by atomic mass is 35.5. The summed E-state index contributed by atoms with van der Waals surface area (Å²) in [6.45, 7) is 1.45. The van der Waals surface area contributed by atoms with Gasteiger partial charge in [-0.2, -0.15) is 0 Å². The van der Waals surface area contributed by atoms with E-state index < -0.39 is 11.8 Å². The maximum absolute atomic E-state index is 12.7. The van der Waals surface area contributed by atoms with E-state index in [1.807, 2.05) is 0 Å². The quantitative estimate of drug-likeness (QED) is 0.590. The van der Waals surface area contributed by atoms with Crippen LogP contribution in [0.15, 0.2) is 53.2 Å². The summed E-state index contributed by atoms with van der Waals surface area (Å²) in [6, 6.07) is 10.9. The SMILES string of the molecule is CC(=O)c1ccc(NC2=C(Cl)C(=O)N(c3cc(Cl)ccc3Cl)C2=O)cc1. The number of imide groups is 1. The average Bonchev–Trinajstić information content (AvgIpc) is 2.81. The molecule has 5 nitrogen and oxygen atoms in total. The molecular formula is C18H11Cl3N2O3. The van der Waals surface area contributed by atoms with E-state index in [1.54, 1.807) is 30.3 Å². The Bertz CT molecular complexity index is 968. The number of carbonyl (C=O) groups excluding carboxylic acids is 3. The number of hydrogen-bond acceptors (Lipinski definition) is 4. The number of amides is 2. The van der Waals surface area contributed by atoms with Crippen molar-refractivity contribution in [3.8, 4) is 0 Å². The predicted octanol–water partition coefficient (Wildman–Crippen LogP) is 4.63. The Labute approximate surface area is 164 Å². The Morgan fingerprint density at radius 2 is 1.62 bits per heavy atom. The van der Waals surface area contributed by atoms with Crippen LogP contribution >= 0.6 is 34.8 Å². The molecule has 0 radical (unpaired) electrons. The number of hydrogen-bond donors (Lipinski definition) is 1. The van der Waals surface area contributed by atoms with Crippen molar-refractivity contribution in [1.82, 2.24) is 0 Å². The van der Waals surface area contributed by atoms with Gasteiger partial charge >= 0.3 is 0 Å². The van der Waals surface area contributed by atoms with Gasteiger partial charge in [0.2, 0.25) is 0 Å². The number of rotatable bonds is 4. The Morgan fingerprint density at radius 1 is 0.962 bits per heavy atom. The van der Waals surface area contributed by atoms with E-state index in [4.69, 9.17) is 34.8 Å². The van der Waals surface area contributed by atoms with Crippen molar-refractivity contribution in [3.63, 3.8) is 0 Å². The summed E-state index contributed by atoms with van der Waals surface area (Å²) < 4.78 is 0. The number of anilines is 2. The maximum Gasteiger partial charge on any atom is 0.283 e. The molecule has 2 amide bonds. The lowest BCUT2D eigenvalue weighted by molar-refractivity contribution is -0.120. The number of halogens is 3. The number of carbonyl (C=O) groups is 3. The van der Waals surface area contributed by atoms with E-state index in [1.165, 1.54) is 19.1 Å². The van der Waals surface area contributed by atoms with E-state index in [0.29, 0.717) is 16.3 Å². The zero-order valence-corrected chi connectivity index (χ0v) is 15.6. The second kappa shape index (κ2) is 7.11. The van der Waals surface area contributed by atoms with Crippen LogP contribution in [-0.2, 0) is 9.59 Å². The van der Waals surface area contributed by atoms with Crippen LogP contribution in [0.3, 0.4) is 0 Å². The van der Waals surface area contributed by atoms with Gasteiger partial charge in [-0.25, -0.2) is 4.90 Å². The smallest absolute Gasteiger partial charge is 0.283 e. The number of Topliss-reactive ketones (excluding diaryl/α,β-unsaturated/α-hetero) is 1. The zero-order chi connectivity index (χ0) is 19.0. The van der Waals surface area contributed by atoms with Crippen LogP contribution < -0.4 is 10.2 Å². The summed E-state index contributed by atoms with van der Waals surface area (Å²) in [5.74, 6) is -1.44. The third-order valence-corrected chi connectivity index (χ3v) is 4.64. The van der Waals surface area contributed by atoms with E-state index in [-0.39, 0.29) is 27.2 Å². The van der Waals surface area contributed by atoms with Crippen molar-refractivity contribution >= 4 is 63.8 Å². The molecule has 0 saturated heterocycles. The maximum atomic E-state index is 12.7. The summed E-state index contributed by atoms with van der Waals surface area (Å²) >= 11 is 18.1. The van der Waals surface area contributed by atoms with Gasteiger partial charge in [-0.1, -0.05) is 34.8 Å². The molecule has 0 saturated carbocycles. The third-order valence-electron chi connectivity index (χ3n) is 3.74. The first-order valence-electron chi connectivity index (χ1n) is 7.41. The molecular weight excluding hydrogens is 399 g/mol. The largest absolute Gasteiger partial charge is 0.350 e. The molecule has 0 fully saturated rings. The van der Waals surface area contributed by atoms with Crippen molar-refractivity contribution in [2.24, 2.45) is 0 Å². The topological polar surface area (TPSA) is 66.5 Å².